The number of anilines is 1. The first-order valence-corrected chi connectivity index (χ1v) is 8.06. The molecular weight excluding hydrogens is 309 g/mol. The molecule has 0 spiro atoms. The fourth-order valence-electron chi connectivity index (χ4n) is 2.79. The van der Waals surface area contributed by atoms with Gasteiger partial charge in [-0.15, -0.1) is 0 Å². The van der Waals surface area contributed by atoms with E-state index in [0.29, 0.717) is 18.0 Å². The highest BCUT2D eigenvalue weighted by Gasteiger charge is 2.22. The van der Waals surface area contributed by atoms with Gasteiger partial charge in [-0.3, -0.25) is 4.79 Å². The predicted molar refractivity (Wildman–Crippen MR) is 90.1 cm³/mol. The van der Waals surface area contributed by atoms with Crippen LogP contribution in [0.2, 0.25) is 0 Å². The number of hydrogen-bond donors (Lipinski definition) is 1. The van der Waals surface area contributed by atoms with Crippen LogP contribution in [0.3, 0.4) is 0 Å². The minimum absolute atomic E-state index is 0.125. The number of hydrogen-bond acceptors (Lipinski definition) is 3. The highest BCUT2D eigenvalue weighted by Crippen LogP contribution is 2.38. The van der Waals surface area contributed by atoms with Crippen molar-refractivity contribution in [3.63, 3.8) is 0 Å². The van der Waals surface area contributed by atoms with Gasteiger partial charge in [-0.1, -0.05) is 12.1 Å². The first-order valence-electron chi connectivity index (χ1n) is 8.06. The lowest BCUT2D eigenvalue weighted by Gasteiger charge is -2.13. The zero-order valence-electron chi connectivity index (χ0n) is 13.8. The van der Waals surface area contributed by atoms with Gasteiger partial charge in [-0.05, 0) is 37.6 Å². The molecule has 0 bridgehead atoms. The average Bonchev–Trinajstić information content (AvgIpc) is 2.89. The molecule has 24 heavy (non-hydrogen) atoms. The van der Waals surface area contributed by atoms with E-state index in [-0.39, 0.29) is 24.2 Å². The number of benzene rings is 2. The lowest BCUT2D eigenvalue weighted by Crippen LogP contribution is -2.15. The molecule has 2 aromatic carbocycles. The van der Waals surface area contributed by atoms with Crippen molar-refractivity contribution < 1.29 is 18.7 Å². The van der Waals surface area contributed by atoms with Gasteiger partial charge in [0.15, 0.2) is 0 Å². The van der Waals surface area contributed by atoms with Crippen molar-refractivity contribution in [3.8, 4) is 11.5 Å². The quantitative estimate of drug-likeness (QED) is 0.909. The Balaban J connectivity index is 1.77. The van der Waals surface area contributed by atoms with Crippen molar-refractivity contribution in [2.45, 2.75) is 32.8 Å². The second-order valence-corrected chi connectivity index (χ2v) is 5.87. The molecule has 0 fully saturated rings. The third-order valence-electron chi connectivity index (χ3n) is 3.85. The fraction of sp³-hybridized carbons (Fsp3) is 0.316. The van der Waals surface area contributed by atoms with Crippen molar-refractivity contribution in [2.24, 2.45) is 0 Å². The van der Waals surface area contributed by atoms with Crippen LogP contribution in [0.15, 0.2) is 36.4 Å². The lowest BCUT2D eigenvalue weighted by atomic mass is 10.1. The number of halogens is 1. The van der Waals surface area contributed by atoms with E-state index in [0.717, 1.165) is 23.3 Å². The molecule has 0 saturated carbocycles. The third kappa shape index (κ3) is 3.67. The molecule has 1 heterocycles. The van der Waals surface area contributed by atoms with Crippen molar-refractivity contribution in [1.82, 2.24) is 0 Å². The Hall–Kier alpha value is -2.56. The molecule has 0 unspecified atom stereocenters. The second kappa shape index (κ2) is 6.91. The van der Waals surface area contributed by atoms with Crippen molar-refractivity contribution in [2.75, 3.05) is 11.9 Å². The van der Waals surface area contributed by atoms with E-state index in [1.165, 1.54) is 12.1 Å². The number of carbonyl (C=O) groups is 1. The largest absolute Gasteiger partial charge is 0.492 e. The van der Waals surface area contributed by atoms with Crippen LogP contribution in [0.25, 0.3) is 0 Å². The summed E-state index contributed by atoms with van der Waals surface area (Å²) in [7, 11) is 0. The van der Waals surface area contributed by atoms with Crippen LogP contribution in [-0.2, 0) is 17.6 Å². The Morgan fingerprint density at radius 2 is 2.08 bits per heavy atom. The Morgan fingerprint density at radius 3 is 2.79 bits per heavy atom. The van der Waals surface area contributed by atoms with Crippen molar-refractivity contribution in [3.05, 3.63) is 53.3 Å². The monoisotopic (exact) mass is 329 g/mol. The van der Waals surface area contributed by atoms with Gasteiger partial charge in [-0.25, -0.2) is 4.39 Å². The molecule has 1 aliphatic heterocycles. The maximum Gasteiger partial charge on any atom is 0.228 e. The summed E-state index contributed by atoms with van der Waals surface area (Å²) in [4.78, 5) is 12.3. The van der Waals surface area contributed by atoms with E-state index in [4.69, 9.17) is 9.47 Å². The van der Waals surface area contributed by atoms with E-state index >= 15 is 0 Å². The molecule has 0 saturated heterocycles. The summed E-state index contributed by atoms with van der Waals surface area (Å²) in [6, 6.07) is 9.64. The molecular formula is C19H20FNO3. The Kier molecular flexibility index (Phi) is 4.69. The zero-order valence-corrected chi connectivity index (χ0v) is 13.8. The van der Waals surface area contributed by atoms with Gasteiger partial charge in [0, 0.05) is 18.1 Å². The highest BCUT2D eigenvalue weighted by molar-refractivity contribution is 5.94. The molecule has 126 valence electrons. The second-order valence-electron chi connectivity index (χ2n) is 5.87. The molecule has 3 rings (SSSR count). The molecule has 5 heteroatoms. The summed E-state index contributed by atoms with van der Waals surface area (Å²) in [6.45, 7) is 4.42. The zero-order chi connectivity index (χ0) is 17.1. The summed E-state index contributed by atoms with van der Waals surface area (Å²) >= 11 is 0. The van der Waals surface area contributed by atoms with Crippen LogP contribution >= 0.6 is 0 Å². The topological polar surface area (TPSA) is 47.6 Å². The van der Waals surface area contributed by atoms with Crippen LogP contribution in [-0.4, -0.2) is 18.6 Å². The van der Waals surface area contributed by atoms with Crippen LogP contribution in [0.1, 0.15) is 25.0 Å². The molecule has 1 aliphatic rings. The maximum absolute atomic E-state index is 12.9. The van der Waals surface area contributed by atoms with Crippen LogP contribution in [0.4, 0.5) is 10.1 Å². The number of fused-ring (bicyclic) bond motifs is 1. The number of amides is 1. The number of nitrogens with one attached hydrogen (secondary N) is 1. The highest BCUT2D eigenvalue weighted by atomic mass is 19.1. The average molecular weight is 329 g/mol. The molecule has 1 atom stereocenters. The van der Waals surface area contributed by atoms with E-state index in [9.17, 15) is 9.18 Å². The molecule has 0 radical (unpaired) electrons. The van der Waals surface area contributed by atoms with Gasteiger partial charge < -0.3 is 14.8 Å². The summed E-state index contributed by atoms with van der Waals surface area (Å²) in [5.41, 5.74) is 2.43. The van der Waals surface area contributed by atoms with Gasteiger partial charge in [0.2, 0.25) is 5.91 Å². The van der Waals surface area contributed by atoms with Gasteiger partial charge in [0.25, 0.3) is 0 Å². The minimum atomic E-state index is -0.317. The van der Waals surface area contributed by atoms with Gasteiger partial charge >= 0.3 is 0 Å². The van der Waals surface area contributed by atoms with E-state index in [1.807, 2.05) is 26.0 Å². The Bertz CT molecular complexity index is 743. The molecule has 1 amide bonds. The maximum atomic E-state index is 12.9. The number of rotatable bonds is 5. The summed E-state index contributed by atoms with van der Waals surface area (Å²) in [5.74, 6) is 0.917. The molecule has 0 aromatic heterocycles. The van der Waals surface area contributed by atoms with E-state index in [2.05, 4.69) is 5.32 Å². The van der Waals surface area contributed by atoms with Crippen LogP contribution in [0, 0.1) is 5.82 Å². The molecule has 4 nitrogen and oxygen atoms in total. The lowest BCUT2D eigenvalue weighted by molar-refractivity contribution is -0.115. The van der Waals surface area contributed by atoms with Crippen molar-refractivity contribution in [1.29, 1.82) is 0 Å². The van der Waals surface area contributed by atoms with E-state index in [1.54, 1.807) is 12.1 Å². The molecule has 2 aromatic rings. The molecule has 0 aliphatic carbocycles. The Labute approximate surface area is 140 Å². The van der Waals surface area contributed by atoms with E-state index < -0.39 is 0 Å². The summed E-state index contributed by atoms with van der Waals surface area (Å²) < 4.78 is 24.3. The molecule has 1 N–H and O–H groups in total. The first-order chi connectivity index (χ1) is 11.5. The van der Waals surface area contributed by atoms with Gasteiger partial charge in [0.05, 0.1) is 18.7 Å². The standard InChI is InChI=1S/C19H20FNO3/c1-3-23-18-10-14-8-12(2)24-17(14)11-16(18)21-19(22)9-13-4-6-15(20)7-5-13/h4-7,10-12H,3,8-9H2,1-2H3,(H,21,22)/t12-/m1/s1. The normalized spacial score (nSPS) is 15.5. The third-order valence-corrected chi connectivity index (χ3v) is 3.85. The fourth-order valence-corrected chi connectivity index (χ4v) is 2.79. The Morgan fingerprint density at radius 1 is 1.33 bits per heavy atom. The summed E-state index contributed by atoms with van der Waals surface area (Å²) in [6.07, 6.45) is 1.12. The smallest absolute Gasteiger partial charge is 0.228 e. The van der Waals surface area contributed by atoms with Crippen LogP contribution < -0.4 is 14.8 Å². The summed E-state index contributed by atoms with van der Waals surface area (Å²) in [5, 5.41) is 2.87. The number of ether oxygens (including phenoxy) is 2. The van der Waals surface area contributed by atoms with Crippen molar-refractivity contribution >= 4 is 11.6 Å². The van der Waals surface area contributed by atoms with Crippen LogP contribution in [0.5, 0.6) is 11.5 Å². The minimum Gasteiger partial charge on any atom is -0.492 e. The number of carbonyl (C=O) groups excluding carboxylic acids is 1. The SMILES string of the molecule is CCOc1cc2c(cc1NC(=O)Cc1ccc(F)cc1)O[C@H](C)C2. The van der Waals surface area contributed by atoms with Gasteiger partial charge in [0.1, 0.15) is 23.4 Å². The first kappa shape index (κ1) is 16.3. The predicted octanol–water partition coefficient (Wildman–Crippen LogP) is 3.73. The van der Waals surface area contributed by atoms with Gasteiger partial charge in [-0.2, -0.15) is 0 Å².